The fourth-order valence-electron chi connectivity index (χ4n) is 5.24. The molecule has 1 aromatic heterocycles. The van der Waals surface area contributed by atoms with Crippen molar-refractivity contribution in [3.8, 4) is 0 Å². The van der Waals surface area contributed by atoms with E-state index in [0.717, 1.165) is 22.9 Å². The molecule has 0 bridgehead atoms. The molecule has 36 heavy (non-hydrogen) atoms. The van der Waals surface area contributed by atoms with Crippen LogP contribution < -0.4 is 4.90 Å². The molecule has 0 aliphatic carbocycles. The number of cyclic esters (lactones) is 1. The number of aliphatic hydroxyl groups excluding tert-OH is 1. The van der Waals surface area contributed by atoms with Gasteiger partial charge in [-0.2, -0.15) is 0 Å². The van der Waals surface area contributed by atoms with Gasteiger partial charge >= 0.3 is 5.97 Å². The van der Waals surface area contributed by atoms with Crippen molar-refractivity contribution in [3.63, 3.8) is 0 Å². The summed E-state index contributed by atoms with van der Waals surface area (Å²) in [6.07, 6.45) is 2.60. The second-order valence-corrected chi connectivity index (χ2v) is 11.6. The zero-order valence-corrected chi connectivity index (χ0v) is 21.1. The van der Waals surface area contributed by atoms with Gasteiger partial charge in [0, 0.05) is 37.7 Å². The number of piperidine rings is 1. The number of amides is 1. The summed E-state index contributed by atoms with van der Waals surface area (Å²) < 4.78 is 34.6. The smallest absolute Gasteiger partial charge is 0.338 e. The van der Waals surface area contributed by atoms with Gasteiger partial charge in [0.2, 0.25) is 0 Å². The van der Waals surface area contributed by atoms with Crippen molar-refractivity contribution in [3.05, 3.63) is 52.7 Å². The number of ether oxygens (including phenoxy) is 2. The number of aliphatic hydroxyl groups is 1. The molecule has 0 radical (unpaired) electrons. The largest absolute Gasteiger partial charge is 0.457 e. The van der Waals surface area contributed by atoms with Crippen molar-refractivity contribution in [1.29, 1.82) is 0 Å². The lowest BCUT2D eigenvalue weighted by Gasteiger charge is -2.46. The average molecular weight is 516 g/mol. The number of carbonyl (C=O) groups is 2. The number of benzene rings is 1. The van der Waals surface area contributed by atoms with E-state index in [9.17, 15) is 23.1 Å². The Morgan fingerprint density at radius 3 is 2.56 bits per heavy atom. The fraction of sp³-hybridized carbons (Fsp3) is 0.480. The number of fused-ring (bicyclic) bond motifs is 1. The number of esters is 1. The molecule has 192 valence electrons. The van der Waals surface area contributed by atoms with Crippen LogP contribution in [0, 0.1) is 6.92 Å². The molecule has 1 spiro atoms. The molecule has 1 N–H and O–H groups in total. The summed E-state index contributed by atoms with van der Waals surface area (Å²) in [5, 5.41) is 11.0. The molecule has 1 aromatic carbocycles. The van der Waals surface area contributed by atoms with E-state index < -0.39 is 21.5 Å². The fourth-order valence-corrected chi connectivity index (χ4v) is 5.80. The van der Waals surface area contributed by atoms with Gasteiger partial charge in [0.1, 0.15) is 18.0 Å². The molecule has 5 rings (SSSR count). The second kappa shape index (κ2) is 9.22. The Bertz CT molecular complexity index is 1300. The molecule has 2 fully saturated rings. The van der Waals surface area contributed by atoms with E-state index in [4.69, 9.17) is 9.47 Å². The van der Waals surface area contributed by atoms with Crippen LogP contribution in [-0.2, 0) is 30.7 Å². The number of likely N-dealkylation sites (tertiary alicyclic amines) is 1. The highest BCUT2D eigenvalue weighted by Crippen LogP contribution is 2.35. The third-order valence-electron chi connectivity index (χ3n) is 7.42. The molecule has 3 aliphatic heterocycles. The van der Waals surface area contributed by atoms with E-state index in [-0.39, 0.29) is 23.4 Å². The van der Waals surface area contributed by atoms with Crippen LogP contribution in [0.25, 0.3) is 0 Å². The number of hydrogen-bond acceptors (Lipinski definition) is 9. The number of rotatable bonds is 5. The highest BCUT2D eigenvalue weighted by molar-refractivity contribution is 7.90. The van der Waals surface area contributed by atoms with Crippen molar-refractivity contribution >= 4 is 27.5 Å². The molecule has 1 unspecified atom stereocenters. The van der Waals surface area contributed by atoms with Crippen LogP contribution in [-0.4, -0.2) is 79.9 Å². The normalized spacial score (nSPS) is 20.9. The van der Waals surface area contributed by atoms with Crippen molar-refractivity contribution < 1.29 is 32.6 Å². The Balaban J connectivity index is 1.24. The van der Waals surface area contributed by atoms with E-state index in [0.29, 0.717) is 57.0 Å². The molecule has 11 heteroatoms. The minimum absolute atomic E-state index is 0.103. The Hall–Kier alpha value is -2.86. The van der Waals surface area contributed by atoms with Crippen molar-refractivity contribution in [2.24, 2.45) is 0 Å². The highest BCUT2D eigenvalue weighted by Gasteiger charge is 2.48. The predicted molar refractivity (Wildman–Crippen MR) is 129 cm³/mol. The van der Waals surface area contributed by atoms with E-state index in [2.05, 4.69) is 9.88 Å². The summed E-state index contributed by atoms with van der Waals surface area (Å²) in [5.41, 5.74) is 2.06. The first-order chi connectivity index (χ1) is 17.1. The first-order valence-electron chi connectivity index (χ1n) is 11.9. The first-order valence-corrected chi connectivity index (χ1v) is 13.8. The number of sulfone groups is 1. The van der Waals surface area contributed by atoms with Crippen LogP contribution in [0.1, 0.15) is 46.0 Å². The lowest BCUT2D eigenvalue weighted by atomic mass is 9.87. The summed E-state index contributed by atoms with van der Waals surface area (Å²) in [7, 11) is -3.37. The van der Waals surface area contributed by atoms with Crippen LogP contribution in [0.5, 0.6) is 0 Å². The Morgan fingerprint density at radius 2 is 1.89 bits per heavy atom. The number of nitrogens with zero attached hydrogens (tertiary/aromatic N) is 3. The first kappa shape index (κ1) is 24.8. The Morgan fingerprint density at radius 1 is 1.14 bits per heavy atom. The topological polar surface area (TPSA) is 126 Å². The molecule has 4 heterocycles. The van der Waals surface area contributed by atoms with Gasteiger partial charge in [0.15, 0.2) is 9.84 Å². The van der Waals surface area contributed by atoms with E-state index in [1.807, 2.05) is 6.92 Å². The lowest BCUT2D eigenvalue weighted by Crippen LogP contribution is -2.61. The predicted octanol–water partition coefficient (Wildman–Crippen LogP) is 1.40. The molecule has 1 amide bonds. The van der Waals surface area contributed by atoms with Crippen molar-refractivity contribution in [1.82, 2.24) is 9.88 Å². The second-order valence-electron chi connectivity index (χ2n) is 9.62. The number of β-amino-alcohol motifs (C(OH)–C–C–N with tert-alkyl or cyclic N) is 1. The number of carbonyl (C=O) groups excluding carboxylic acids is 2. The number of anilines is 1. The number of pyridine rings is 1. The molecular weight excluding hydrogens is 486 g/mol. The standard InChI is InChI=1S/C25H29N3O7S/c1-16-18(4-5-19-20(16)15-34-23(19)30)21(29)14-27-9-7-25(8-10-27)24(31)28(11-12-35-25)22-6-3-17(13-26-22)36(2,32)33/h3-6,13,21,29H,7-12,14-15H2,1-2H3. The average Bonchev–Trinajstić information content (AvgIpc) is 3.23. The van der Waals surface area contributed by atoms with Gasteiger partial charge in [-0.3, -0.25) is 9.69 Å². The van der Waals surface area contributed by atoms with Gasteiger partial charge in [-0.15, -0.1) is 0 Å². The van der Waals surface area contributed by atoms with Crippen molar-refractivity contribution in [2.45, 2.75) is 43.0 Å². The van der Waals surface area contributed by atoms with E-state index in [1.165, 1.54) is 12.3 Å². The van der Waals surface area contributed by atoms with E-state index >= 15 is 0 Å². The summed E-state index contributed by atoms with van der Waals surface area (Å²) >= 11 is 0. The van der Waals surface area contributed by atoms with Crippen LogP contribution >= 0.6 is 0 Å². The van der Waals surface area contributed by atoms with Crippen LogP contribution in [0.2, 0.25) is 0 Å². The summed E-state index contributed by atoms with van der Waals surface area (Å²) in [4.78, 5) is 33.2. The summed E-state index contributed by atoms with van der Waals surface area (Å²) in [6, 6.07) is 6.50. The van der Waals surface area contributed by atoms with Crippen LogP contribution in [0.3, 0.4) is 0 Å². The molecule has 0 saturated carbocycles. The number of aromatic nitrogens is 1. The maximum atomic E-state index is 13.4. The maximum Gasteiger partial charge on any atom is 0.338 e. The molecular formula is C25H29N3O7S. The minimum atomic E-state index is -3.37. The molecule has 3 aliphatic rings. The third kappa shape index (κ3) is 4.40. The van der Waals surface area contributed by atoms with Gasteiger partial charge in [0.05, 0.1) is 29.7 Å². The molecule has 2 saturated heterocycles. The molecule has 2 aromatic rings. The quantitative estimate of drug-likeness (QED) is 0.588. The lowest BCUT2D eigenvalue weighted by molar-refractivity contribution is -0.158. The number of morpholine rings is 1. The molecule has 10 nitrogen and oxygen atoms in total. The zero-order chi connectivity index (χ0) is 25.7. The van der Waals surface area contributed by atoms with E-state index in [1.54, 1.807) is 23.1 Å². The Kier molecular flexibility index (Phi) is 6.36. The number of hydrogen-bond donors (Lipinski definition) is 1. The van der Waals surface area contributed by atoms with Gasteiger partial charge in [-0.1, -0.05) is 6.07 Å². The van der Waals surface area contributed by atoms with Gasteiger partial charge in [-0.05, 0) is 49.1 Å². The molecule has 1 atom stereocenters. The SMILES string of the molecule is Cc1c(C(O)CN2CCC3(CC2)OCCN(c2ccc(S(C)(=O)=O)cn2)C3=O)ccc2c1COC2=O. The van der Waals surface area contributed by atoms with Gasteiger partial charge < -0.3 is 19.5 Å². The van der Waals surface area contributed by atoms with Crippen LogP contribution in [0.15, 0.2) is 35.4 Å². The highest BCUT2D eigenvalue weighted by atomic mass is 32.2. The van der Waals surface area contributed by atoms with Gasteiger partial charge in [0.25, 0.3) is 5.91 Å². The minimum Gasteiger partial charge on any atom is -0.457 e. The maximum absolute atomic E-state index is 13.4. The summed E-state index contributed by atoms with van der Waals surface area (Å²) in [6.45, 7) is 4.37. The monoisotopic (exact) mass is 515 g/mol. The van der Waals surface area contributed by atoms with Crippen molar-refractivity contribution in [2.75, 3.05) is 43.9 Å². The zero-order valence-electron chi connectivity index (χ0n) is 20.3. The van der Waals surface area contributed by atoms with Gasteiger partial charge in [-0.25, -0.2) is 18.2 Å². The van der Waals surface area contributed by atoms with Crippen LogP contribution in [0.4, 0.5) is 5.82 Å². The summed E-state index contributed by atoms with van der Waals surface area (Å²) in [5.74, 6) is -0.0987. The Labute approximate surface area is 209 Å². The third-order valence-corrected chi connectivity index (χ3v) is 8.51.